The van der Waals surface area contributed by atoms with E-state index in [2.05, 4.69) is 21.8 Å². The maximum Gasteiger partial charge on any atom is 0.276 e. The number of carbonyl (C=O) groups excluding carboxylic acids is 1. The van der Waals surface area contributed by atoms with E-state index in [1.807, 2.05) is 36.9 Å². The Kier molecular flexibility index (Phi) is 5.16. The summed E-state index contributed by atoms with van der Waals surface area (Å²) in [7, 11) is 0. The van der Waals surface area contributed by atoms with Crippen LogP contribution in [0.1, 0.15) is 30.0 Å². The van der Waals surface area contributed by atoms with Gasteiger partial charge in [0.05, 0.1) is 6.61 Å². The number of aromatic nitrogens is 2. The SMILES string of the molecule is CCOc1cccnc1C(=O)N1CCN(c2cccc(C)n2)C[C@@H]1C. The first-order valence-corrected chi connectivity index (χ1v) is 8.67. The first kappa shape index (κ1) is 17.2. The molecule has 0 aromatic carbocycles. The van der Waals surface area contributed by atoms with E-state index in [-0.39, 0.29) is 11.9 Å². The Hall–Kier alpha value is -2.63. The van der Waals surface area contributed by atoms with Crippen LogP contribution in [0.3, 0.4) is 0 Å². The third kappa shape index (κ3) is 3.73. The largest absolute Gasteiger partial charge is 0.491 e. The molecule has 6 nitrogen and oxygen atoms in total. The fourth-order valence-corrected chi connectivity index (χ4v) is 3.13. The van der Waals surface area contributed by atoms with Crippen LogP contribution in [0.4, 0.5) is 5.82 Å². The third-order valence-electron chi connectivity index (χ3n) is 4.36. The first-order valence-electron chi connectivity index (χ1n) is 8.67. The molecule has 0 bridgehead atoms. The van der Waals surface area contributed by atoms with Gasteiger partial charge in [0.15, 0.2) is 11.4 Å². The van der Waals surface area contributed by atoms with Crippen LogP contribution in [0.15, 0.2) is 36.5 Å². The molecular formula is C19H24N4O2. The van der Waals surface area contributed by atoms with Gasteiger partial charge in [-0.2, -0.15) is 0 Å². The summed E-state index contributed by atoms with van der Waals surface area (Å²) in [6, 6.07) is 9.67. The van der Waals surface area contributed by atoms with E-state index in [0.29, 0.717) is 24.6 Å². The maximum absolute atomic E-state index is 13.0. The Bertz CT molecular complexity index is 750. The number of aryl methyl sites for hydroxylation is 1. The van der Waals surface area contributed by atoms with Crippen molar-refractivity contribution in [1.82, 2.24) is 14.9 Å². The minimum absolute atomic E-state index is 0.0695. The predicted octanol–water partition coefficient (Wildman–Crippen LogP) is 2.53. The van der Waals surface area contributed by atoms with Crippen molar-refractivity contribution in [2.45, 2.75) is 26.8 Å². The fraction of sp³-hybridized carbons (Fsp3) is 0.421. The molecule has 132 valence electrons. The second-order valence-corrected chi connectivity index (χ2v) is 6.21. The molecule has 2 aromatic rings. The van der Waals surface area contributed by atoms with Crippen molar-refractivity contribution in [3.63, 3.8) is 0 Å². The number of pyridine rings is 2. The van der Waals surface area contributed by atoms with Gasteiger partial charge in [0.1, 0.15) is 5.82 Å². The second kappa shape index (κ2) is 7.51. The Morgan fingerprint density at radius 2 is 2.12 bits per heavy atom. The van der Waals surface area contributed by atoms with Gasteiger partial charge in [-0.3, -0.25) is 4.79 Å². The number of carbonyl (C=O) groups is 1. The molecule has 0 unspecified atom stereocenters. The van der Waals surface area contributed by atoms with E-state index in [0.717, 1.165) is 24.6 Å². The molecule has 2 aromatic heterocycles. The standard InChI is InChI=1S/C19H24N4O2/c1-4-25-16-8-6-10-20-18(16)19(24)23-12-11-22(13-15(23)3)17-9-5-7-14(2)21-17/h5-10,15H,4,11-13H2,1-3H3/t15-/m0/s1. The lowest BCUT2D eigenvalue weighted by atomic mass is 10.1. The number of amides is 1. The van der Waals surface area contributed by atoms with Crippen molar-refractivity contribution in [2.75, 3.05) is 31.1 Å². The highest BCUT2D eigenvalue weighted by atomic mass is 16.5. The monoisotopic (exact) mass is 340 g/mol. The second-order valence-electron chi connectivity index (χ2n) is 6.21. The topological polar surface area (TPSA) is 58.6 Å². The number of ether oxygens (including phenoxy) is 1. The molecule has 0 N–H and O–H groups in total. The average Bonchev–Trinajstić information content (AvgIpc) is 2.62. The van der Waals surface area contributed by atoms with Crippen LogP contribution in [0.25, 0.3) is 0 Å². The van der Waals surface area contributed by atoms with Gasteiger partial charge < -0.3 is 14.5 Å². The van der Waals surface area contributed by atoms with Crippen molar-refractivity contribution in [3.05, 3.63) is 47.9 Å². The molecule has 0 radical (unpaired) electrons. The Morgan fingerprint density at radius 3 is 2.84 bits per heavy atom. The number of piperazine rings is 1. The lowest BCUT2D eigenvalue weighted by Gasteiger charge is -2.40. The van der Waals surface area contributed by atoms with Crippen molar-refractivity contribution in [1.29, 1.82) is 0 Å². The molecule has 1 fully saturated rings. The molecule has 3 rings (SSSR count). The summed E-state index contributed by atoms with van der Waals surface area (Å²) in [5.41, 5.74) is 1.39. The molecule has 3 heterocycles. The highest BCUT2D eigenvalue weighted by Gasteiger charge is 2.30. The lowest BCUT2D eigenvalue weighted by Crippen LogP contribution is -2.54. The number of hydrogen-bond acceptors (Lipinski definition) is 5. The van der Waals surface area contributed by atoms with Gasteiger partial charge >= 0.3 is 0 Å². The van der Waals surface area contributed by atoms with Crippen molar-refractivity contribution in [3.8, 4) is 5.75 Å². The van der Waals surface area contributed by atoms with Gasteiger partial charge in [-0.1, -0.05) is 6.07 Å². The van der Waals surface area contributed by atoms with Crippen LogP contribution in [-0.2, 0) is 0 Å². The van der Waals surface area contributed by atoms with Crippen molar-refractivity contribution >= 4 is 11.7 Å². The minimum atomic E-state index is -0.0756. The van der Waals surface area contributed by atoms with Gasteiger partial charge in [0.2, 0.25) is 0 Å². The van der Waals surface area contributed by atoms with E-state index < -0.39 is 0 Å². The van der Waals surface area contributed by atoms with Crippen LogP contribution in [0, 0.1) is 6.92 Å². The highest BCUT2D eigenvalue weighted by molar-refractivity contribution is 5.95. The van der Waals surface area contributed by atoms with Crippen LogP contribution < -0.4 is 9.64 Å². The Labute approximate surface area is 148 Å². The van der Waals surface area contributed by atoms with Gasteiger partial charge in [0.25, 0.3) is 5.91 Å². The summed E-state index contributed by atoms with van der Waals surface area (Å²) in [5.74, 6) is 1.44. The molecular weight excluding hydrogens is 316 g/mol. The quantitative estimate of drug-likeness (QED) is 0.856. The molecule has 1 aliphatic rings. The molecule has 25 heavy (non-hydrogen) atoms. The molecule has 0 saturated carbocycles. The van der Waals surface area contributed by atoms with E-state index in [9.17, 15) is 4.79 Å². The first-order chi connectivity index (χ1) is 12.1. The van der Waals surface area contributed by atoms with E-state index >= 15 is 0 Å². The molecule has 6 heteroatoms. The molecule has 0 spiro atoms. The smallest absolute Gasteiger partial charge is 0.276 e. The summed E-state index contributed by atoms with van der Waals surface area (Å²) in [5, 5.41) is 0. The molecule has 1 saturated heterocycles. The number of nitrogens with zero attached hydrogens (tertiary/aromatic N) is 4. The number of anilines is 1. The van der Waals surface area contributed by atoms with Gasteiger partial charge in [0, 0.05) is 37.6 Å². The summed E-state index contributed by atoms with van der Waals surface area (Å²) in [6.45, 7) is 8.60. The highest BCUT2D eigenvalue weighted by Crippen LogP contribution is 2.22. The zero-order valence-corrected chi connectivity index (χ0v) is 15.0. The molecule has 1 aliphatic heterocycles. The van der Waals surface area contributed by atoms with Gasteiger partial charge in [-0.05, 0) is 45.0 Å². The Morgan fingerprint density at radius 1 is 1.28 bits per heavy atom. The molecule has 1 amide bonds. The van der Waals surface area contributed by atoms with Gasteiger partial charge in [-0.25, -0.2) is 9.97 Å². The number of hydrogen-bond donors (Lipinski definition) is 0. The van der Waals surface area contributed by atoms with Crippen LogP contribution in [0.2, 0.25) is 0 Å². The normalized spacial score (nSPS) is 17.5. The summed E-state index contributed by atoms with van der Waals surface area (Å²) in [6.07, 6.45) is 1.63. The van der Waals surface area contributed by atoms with E-state index in [1.165, 1.54) is 0 Å². The summed E-state index contributed by atoms with van der Waals surface area (Å²) < 4.78 is 5.56. The predicted molar refractivity (Wildman–Crippen MR) is 97.1 cm³/mol. The molecule has 1 atom stereocenters. The van der Waals surface area contributed by atoms with Gasteiger partial charge in [-0.15, -0.1) is 0 Å². The van der Waals surface area contributed by atoms with E-state index in [4.69, 9.17) is 4.74 Å². The Balaban J connectivity index is 1.74. The van der Waals surface area contributed by atoms with Crippen molar-refractivity contribution in [2.24, 2.45) is 0 Å². The van der Waals surface area contributed by atoms with Crippen LogP contribution in [-0.4, -0.2) is 53.1 Å². The average molecular weight is 340 g/mol. The van der Waals surface area contributed by atoms with E-state index in [1.54, 1.807) is 18.3 Å². The minimum Gasteiger partial charge on any atom is -0.491 e. The fourth-order valence-electron chi connectivity index (χ4n) is 3.13. The zero-order valence-electron chi connectivity index (χ0n) is 15.0. The van der Waals surface area contributed by atoms with Crippen LogP contribution >= 0.6 is 0 Å². The zero-order chi connectivity index (χ0) is 17.8. The van der Waals surface area contributed by atoms with Crippen molar-refractivity contribution < 1.29 is 9.53 Å². The summed E-state index contributed by atoms with van der Waals surface area (Å²) in [4.78, 5) is 25.9. The summed E-state index contributed by atoms with van der Waals surface area (Å²) >= 11 is 0. The molecule has 0 aliphatic carbocycles. The third-order valence-corrected chi connectivity index (χ3v) is 4.36. The lowest BCUT2D eigenvalue weighted by molar-refractivity contribution is 0.0663. The number of rotatable bonds is 4. The maximum atomic E-state index is 13.0. The van der Waals surface area contributed by atoms with Crippen LogP contribution in [0.5, 0.6) is 5.75 Å².